The second-order valence-electron chi connectivity index (χ2n) is 3.22. The second-order valence-corrected chi connectivity index (χ2v) is 3.22. The van der Waals surface area contributed by atoms with Crippen molar-refractivity contribution in [3.63, 3.8) is 0 Å². The number of pyridine rings is 1. The van der Waals surface area contributed by atoms with Crippen LogP contribution in [-0.4, -0.2) is 24.6 Å². The largest absolute Gasteiger partial charge is 0.469 e. The summed E-state index contributed by atoms with van der Waals surface area (Å²) < 4.78 is 4.54. The monoisotopic (exact) mass is 208 g/mol. The second kappa shape index (κ2) is 6.95. The van der Waals surface area contributed by atoms with E-state index >= 15 is 0 Å². The number of nitrogens with one attached hydrogen (secondary N) is 1. The van der Waals surface area contributed by atoms with E-state index in [1.54, 1.807) is 6.20 Å². The van der Waals surface area contributed by atoms with E-state index in [2.05, 4.69) is 15.0 Å². The fourth-order valence-electron chi connectivity index (χ4n) is 1.20. The SMILES string of the molecule is COC(=O)CCCNCc1cccnc1. The number of nitrogens with zero attached hydrogens (tertiary/aromatic N) is 1. The van der Waals surface area contributed by atoms with Crippen molar-refractivity contribution in [3.05, 3.63) is 30.1 Å². The van der Waals surface area contributed by atoms with Gasteiger partial charge in [-0.15, -0.1) is 0 Å². The first-order valence-electron chi connectivity index (χ1n) is 4.99. The van der Waals surface area contributed by atoms with Crippen molar-refractivity contribution < 1.29 is 9.53 Å². The van der Waals surface area contributed by atoms with Gasteiger partial charge in [0.05, 0.1) is 7.11 Å². The summed E-state index contributed by atoms with van der Waals surface area (Å²) in [6, 6.07) is 3.92. The van der Waals surface area contributed by atoms with Crippen LogP contribution in [0, 0.1) is 0 Å². The molecule has 1 heterocycles. The molecule has 0 aliphatic heterocycles. The van der Waals surface area contributed by atoms with Crippen LogP contribution in [0.4, 0.5) is 0 Å². The smallest absolute Gasteiger partial charge is 0.305 e. The average molecular weight is 208 g/mol. The molecule has 0 unspecified atom stereocenters. The van der Waals surface area contributed by atoms with Gasteiger partial charge in [-0.25, -0.2) is 0 Å². The minimum atomic E-state index is -0.154. The highest BCUT2D eigenvalue weighted by Crippen LogP contribution is 1.95. The highest BCUT2D eigenvalue weighted by Gasteiger charge is 1.98. The highest BCUT2D eigenvalue weighted by atomic mass is 16.5. The minimum Gasteiger partial charge on any atom is -0.469 e. The predicted molar refractivity (Wildman–Crippen MR) is 57.2 cm³/mol. The fourth-order valence-corrected chi connectivity index (χ4v) is 1.20. The number of aromatic nitrogens is 1. The van der Waals surface area contributed by atoms with Gasteiger partial charge in [0.15, 0.2) is 0 Å². The van der Waals surface area contributed by atoms with Gasteiger partial charge in [0.2, 0.25) is 0 Å². The summed E-state index contributed by atoms with van der Waals surface area (Å²) in [6.45, 7) is 1.60. The van der Waals surface area contributed by atoms with Gasteiger partial charge in [-0.2, -0.15) is 0 Å². The predicted octanol–water partition coefficient (Wildman–Crippen LogP) is 1.12. The Morgan fingerprint density at radius 3 is 3.13 bits per heavy atom. The molecule has 82 valence electrons. The van der Waals surface area contributed by atoms with Crippen molar-refractivity contribution >= 4 is 5.97 Å². The molecule has 0 aliphatic carbocycles. The quantitative estimate of drug-likeness (QED) is 0.562. The number of carbonyl (C=O) groups excluding carboxylic acids is 1. The molecule has 0 bridgehead atoms. The number of esters is 1. The molecular formula is C11H16N2O2. The van der Waals surface area contributed by atoms with Gasteiger partial charge in [-0.3, -0.25) is 9.78 Å². The molecule has 4 heteroatoms. The first kappa shape index (κ1) is 11.7. The zero-order valence-electron chi connectivity index (χ0n) is 8.90. The normalized spacial score (nSPS) is 9.93. The Morgan fingerprint density at radius 2 is 2.47 bits per heavy atom. The third-order valence-corrected chi connectivity index (χ3v) is 2.01. The molecule has 1 rings (SSSR count). The maximum atomic E-state index is 10.8. The summed E-state index contributed by atoms with van der Waals surface area (Å²) >= 11 is 0. The summed E-state index contributed by atoms with van der Waals surface area (Å²) in [7, 11) is 1.41. The fraction of sp³-hybridized carbons (Fsp3) is 0.455. The van der Waals surface area contributed by atoms with Crippen LogP contribution in [0.5, 0.6) is 0 Å². The van der Waals surface area contributed by atoms with Crippen molar-refractivity contribution in [2.24, 2.45) is 0 Å². The molecule has 0 aliphatic rings. The zero-order chi connectivity index (χ0) is 10.9. The average Bonchev–Trinajstić information content (AvgIpc) is 2.29. The Bertz CT molecular complexity index is 288. The molecule has 1 aromatic rings. The van der Waals surface area contributed by atoms with Gasteiger partial charge in [-0.05, 0) is 24.6 Å². The lowest BCUT2D eigenvalue weighted by Crippen LogP contribution is -2.16. The molecule has 1 N–H and O–H groups in total. The number of hydrogen-bond acceptors (Lipinski definition) is 4. The van der Waals surface area contributed by atoms with Gasteiger partial charge in [0.25, 0.3) is 0 Å². The van der Waals surface area contributed by atoms with E-state index in [9.17, 15) is 4.79 Å². The van der Waals surface area contributed by atoms with Crippen molar-refractivity contribution in [2.75, 3.05) is 13.7 Å². The Hall–Kier alpha value is -1.42. The van der Waals surface area contributed by atoms with Crippen LogP contribution in [0.25, 0.3) is 0 Å². The highest BCUT2D eigenvalue weighted by molar-refractivity contribution is 5.69. The van der Waals surface area contributed by atoms with Gasteiger partial charge < -0.3 is 10.1 Å². The molecule has 15 heavy (non-hydrogen) atoms. The molecule has 0 spiro atoms. The van der Waals surface area contributed by atoms with Crippen molar-refractivity contribution in [3.8, 4) is 0 Å². The maximum Gasteiger partial charge on any atom is 0.305 e. The van der Waals surface area contributed by atoms with Crippen LogP contribution in [0.15, 0.2) is 24.5 Å². The Morgan fingerprint density at radius 1 is 1.60 bits per heavy atom. The van der Waals surface area contributed by atoms with Crippen LogP contribution >= 0.6 is 0 Å². The van der Waals surface area contributed by atoms with Crippen LogP contribution in [0.2, 0.25) is 0 Å². The summed E-state index contributed by atoms with van der Waals surface area (Å²) in [6.07, 6.45) is 4.84. The number of carbonyl (C=O) groups is 1. The number of rotatable bonds is 6. The molecule has 0 atom stereocenters. The van der Waals surface area contributed by atoms with E-state index < -0.39 is 0 Å². The zero-order valence-corrected chi connectivity index (χ0v) is 8.90. The minimum absolute atomic E-state index is 0.154. The van der Waals surface area contributed by atoms with E-state index in [4.69, 9.17) is 0 Å². The lowest BCUT2D eigenvalue weighted by atomic mass is 10.2. The summed E-state index contributed by atoms with van der Waals surface area (Å²) in [5.41, 5.74) is 1.15. The molecule has 0 saturated carbocycles. The number of hydrogen-bond donors (Lipinski definition) is 1. The van der Waals surface area contributed by atoms with Gasteiger partial charge in [0, 0.05) is 25.4 Å². The summed E-state index contributed by atoms with van der Waals surface area (Å²) in [4.78, 5) is 14.8. The van der Waals surface area contributed by atoms with Crippen molar-refractivity contribution in [1.82, 2.24) is 10.3 Å². The summed E-state index contributed by atoms with van der Waals surface area (Å²) in [5, 5.41) is 3.23. The van der Waals surface area contributed by atoms with Crippen molar-refractivity contribution in [1.29, 1.82) is 0 Å². The van der Waals surface area contributed by atoms with E-state index in [1.807, 2.05) is 18.3 Å². The summed E-state index contributed by atoms with van der Waals surface area (Å²) in [5.74, 6) is -0.154. The molecule has 0 fully saturated rings. The van der Waals surface area contributed by atoms with Gasteiger partial charge in [0.1, 0.15) is 0 Å². The van der Waals surface area contributed by atoms with Crippen LogP contribution in [-0.2, 0) is 16.1 Å². The number of ether oxygens (including phenoxy) is 1. The Kier molecular flexibility index (Phi) is 5.40. The third kappa shape index (κ3) is 5.12. The topological polar surface area (TPSA) is 51.2 Å². The molecular weight excluding hydrogens is 192 g/mol. The molecule has 1 aromatic heterocycles. The first-order chi connectivity index (χ1) is 7.33. The van der Waals surface area contributed by atoms with E-state index in [1.165, 1.54) is 7.11 Å². The molecule has 0 saturated heterocycles. The van der Waals surface area contributed by atoms with E-state index in [0.29, 0.717) is 6.42 Å². The standard InChI is InChI=1S/C11H16N2O2/c1-15-11(14)5-3-7-13-9-10-4-2-6-12-8-10/h2,4,6,8,13H,3,5,7,9H2,1H3. The maximum absolute atomic E-state index is 10.8. The molecule has 0 radical (unpaired) electrons. The first-order valence-corrected chi connectivity index (χ1v) is 4.99. The molecule has 0 aromatic carbocycles. The Labute approximate surface area is 89.7 Å². The lowest BCUT2D eigenvalue weighted by Gasteiger charge is -2.03. The van der Waals surface area contributed by atoms with E-state index in [0.717, 1.165) is 25.1 Å². The van der Waals surface area contributed by atoms with Crippen LogP contribution in [0.3, 0.4) is 0 Å². The van der Waals surface area contributed by atoms with Crippen molar-refractivity contribution in [2.45, 2.75) is 19.4 Å². The third-order valence-electron chi connectivity index (χ3n) is 2.01. The Balaban J connectivity index is 2.05. The van der Waals surface area contributed by atoms with Crippen LogP contribution in [0.1, 0.15) is 18.4 Å². The molecule has 0 amide bonds. The van der Waals surface area contributed by atoms with Gasteiger partial charge >= 0.3 is 5.97 Å². The lowest BCUT2D eigenvalue weighted by molar-refractivity contribution is -0.140. The van der Waals surface area contributed by atoms with Gasteiger partial charge in [-0.1, -0.05) is 6.07 Å². The van der Waals surface area contributed by atoms with Crippen LogP contribution < -0.4 is 5.32 Å². The number of methoxy groups -OCH3 is 1. The van der Waals surface area contributed by atoms with E-state index in [-0.39, 0.29) is 5.97 Å². The molecule has 4 nitrogen and oxygen atoms in total.